The van der Waals surface area contributed by atoms with Crippen LogP contribution in [-0.4, -0.2) is 41.6 Å². The fourth-order valence-corrected chi connectivity index (χ4v) is 2.06. The molecule has 0 spiro atoms. The molecule has 0 unspecified atom stereocenters. The monoisotopic (exact) mass is 279 g/mol. The minimum absolute atomic E-state index is 0.0133. The second kappa shape index (κ2) is 6.51. The van der Waals surface area contributed by atoms with Gasteiger partial charge < -0.3 is 16.0 Å². The van der Waals surface area contributed by atoms with Crippen molar-refractivity contribution in [1.29, 1.82) is 0 Å². The molecule has 1 aromatic rings. The molecule has 2 amide bonds. The summed E-state index contributed by atoms with van der Waals surface area (Å²) in [5.74, 6) is -0.263. The van der Waals surface area contributed by atoms with Crippen LogP contribution < -0.4 is 16.0 Å². The van der Waals surface area contributed by atoms with Crippen molar-refractivity contribution in [3.63, 3.8) is 0 Å². The van der Waals surface area contributed by atoms with E-state index in [0.717, 1.165) is 24.2 Å². The molecule has 4 N–H and O–H groups in total. The van der Waals surface area contributed by atoms with Gasteiger partial charge in [-0.15, -0.1) is 0 Å². The number of fused-ring (bicyclic) bond motifs is 1. The molecular weight excluding hydrogens is 258 g/mol. The predicted molar refractivity (Wildman–Crippen MR) is 74.2 cm³/mol. The highest BCUT2D eigenvalue weighted by Crippen LogP contribution is 2.14. The summed E-state index contributed by atoms with van der Waals surface area (Å²) in [6.07, 6.45) is 0.861. The van der Waals surface area contributed by atoms with Gasteiger partial charge >= 0.3 is 0 Å². The van der Waals surface area contributed by atoms with Gasteiger partial charge in [-0.25, -0.2) is 0 Å². The van der Waals surface area contributed by atoms with Crippen LogP contribution >= 0.6 is 0 Å². The Morgan fingerprint density at radius 1 is 1.30 bits per heavy atom. The first-order valence-electron chi connectivity index (χ1n) is 6.92. The van der Waals surface area contributed by atoms with Crippen LogP contribution in [0.5, 0.6) is 0 Å². The van der Waals surface area contributed by atoms with E-state index in [1.165, 1.54) is 0 Å². The molecule has 1 aliphatic heterocycles. The molecule has 7 heteroatoms. The summed E-state index contributed by atoms with van der Waals surface area (Å²) in [6, 6.07) is 0. The molecule has 0 fully saturated rings. The number of hydrogen-bond acceptors (Lipinski definition) is 4. The van der Waals surface area contributed by atoms with Gasteiger partial charge in [0.15, 0.2) is 5.69 Å². The first-order chi connectivity index (χ1) is 9.59. The van der Waals surface area contributed by atoms with Crippen LogP contribution in [0.15, 0.2) is 0 Å². The van der Waals surface area contributed by atoms with E-state index in [-0.39, 0.29) is 17.7 Å². The summed E-state index contributed by atoms with van der Waals surface area (Å²) in [7, 11) is 0. The second-order valence-electron chi connectivity index (χ2n) is 5.16. The lowest BCUT2D eigenvalue weighted by atomic mass is 10.1. The lowest BCUT2D eigenvalue weighted by Gasteiger charge is -2.13. The van der Waals surface area contributed by atoms with E-state index in [1.54, 1.807) is 0 Å². The molecule has 0 radical (unpaired) electrons. The van der Waals surface area contributed by atoms with Crippen molar-refractivity contribution in [3.8, 4) is 0 Å². The fourth-order valence-electron chi connectivity index (χ4n) is 2.06. The molecule has 0 saturated heterocycles. The van der Waals surface area contributed by atoms with E-state index >= 15 is 0 Å². The van der Waals surface area contributed by atoms with Gasteiger partial charge in [-0.3, -0.25) is 14.7 Å². The minimum Gasteiger partial charge on any atom is -0.354 e. The van der Waals surface area contributed by atoms with Crippen molar-refractivity contribution < 1.29 is 9.59 Å². The fraction of sp³-hybridized carbons (Fsp3) is 0.615. The van der Waals surface area contributed by atoms with Crippen molar-refractivity contribution in [2.75, 3.05) is 19.6 Å². The highest BCUT2D eigenvalue weighted by atomic mass is 16.2. The number of amides is 2. The molecule has 2 heterocycles. The summed E-state index contributed by atoms with van der Waals surface area (Å²) >= 11 is 0. The average Bonchev–Trinajstić information content (AvgIpc) is 2.87. The minimum atomic E-state index is -0.204. The third kappa shape index (κ3) is 3.36. The number of H-pyrrole nitrogens is 1. The second-order valence-corrected chi connectivity index (χ2v) is 5.16. The first-order valence-corrected chi connectivity index (χ1v) is 6.92. The van der Waals surface area contributed by atoms with Crippen LogP contribution in [0.4, 0.5) is 0 Å². The number of nitrogens with one attached hydrogen (secondary N) is 4. The van der Waals surface area contributed by atoms with E-state index in [9.17, 15) is 9.59 Å². The molecular formula is C13H21N5O2. The topological polar surface area (TPSA) is 98.9 Å². The van der Waals surface area contributed by atoms with E-state index in [4.69, 9.17) is 0 Å². The zero-order valence-electron chi connectivity index (χ0n) is 11.9. The Bertz CT molecular complexity index is 495. The summed E-state index contributed by atoms with van der Waals surface area (Å²) < 4.78 is 0. The quantitative estimate of drug-likeness (QED) is 0.549. The van der Waals surface area contributed by atoms with Gasteiger partial charge in [0.25, 0.3) is 5.91 Å². The van der Waals surface area contributed by atoms with Gasteiger partial charge in [0, 0.05) is 49.8 Å². The van der Waals surface area contributed by atoms with Crippen molar-refractivity contribution in [2.24, 2.45) is 5.92 Å². The average molecular weight is 279 g/mol. The molecule has 0 atom stereocenters. The van der Waals surface area contributed by atoms with Crippen LogP contribution in [0.25, 0.3) is 0 Å². The van der Waals surface area contributed by atoms with Crippen LogP contribution in [-0.2, 0) is 17.8 Å². The summed E-state index contributed by atoms with van der Waals surface area (Å²) in [4.78, 5) is 23.4. The van der Waals surface area contributed by atoms with Crippen LogP contribution in [0, 0.1) is 5.92 Å². The molecule has 7 nitrogen and oxygen atoms in total. The van der Waals surface area contributed by atoms with Gasteiger partial charge in [-0.05, 0) is 0 Å². The molecule has 110 valence electrons. The molecule has 1 aromatic heterocycles. The highest BCUT2D eigenvalue weighted by molar-refractivity contribution is 5.94. The third-order valence-corrected chi connectivity index (χ3v) is 3.26. The summed E-state index contributed by atoms with van der Waals surface area (Å²) in [6.45, 7) is 6.05. The maximum absolute atomic E-state index is 12.0. The molecule has 0 aliphatic carbocycles. The number of hydrogen-bond donors (Lipinski definition) is 4. The van der Waals surface area contributed by atoms with Crippen molar-refractivity contribution in [3.05, 3.63) is 17.0 Å². The Morgan fingerprint density at radius 3 is 2.80 bits per heavy atom. The van der Waals surface area contributed by atoms with E-state index in [0.29, 0.717) is 25.3 Å². The summed E-state index contributed by atoms with van der Waals surface area (Å²) in [5.41, 5.74) is 2.42. The number of carbonyl (C=O) groups is 2. The smallest absolute Gasteiger partial charge is 0.272 e. The first kappa shape index (κ1) is 14.5. The van der Waals surface area contributed by atoms with Crippen LogP contribution in [0.2, 0.25) is 0 Å². The van der Waals surface area contributed by atoms with Crippen LogP contribution in [0.3, 0.4) is 0 Å². The van der Waals surface area contributed by atoms with E-state index < -0.39 is 0 Å². The van der Waals surface area contributed by atoms with Gasteiger partial charge in [-0.1, -0.05) is 13.8 Å². The van der Waals surface area contributed by atoms with Gasteiger partial charge in [-0.2, -0.15) is 5.10 Å². The Kier molecular flexibility index (Phi) is 4.73. The van der Waals surface area contributed by atoms with Crippen molar-refractivity contribution in [2.45, 2.75) is 26.8 Å². The Labute approximate surface area is 117 Å². The molecule has 0 bridgehead atoms. The van der Waals surface area contributed by atoms with Gasteiger partial charge in [0.05, 0.1) is 0 Å². The number of carbonyl (C=O) groups excluding carboxylic acids is 2. The third-order valence-electron chi connectivity index (χ3n) is 3.26. The SMILES string of the molecule is CC(C)C(=O)NCCNC(=O)c1n[nH]c2c1CNCC2. The highest BCUT2D eigenvalue weighted by Gasteiger charge is 2.21. The predicted octanol–water partition coefficient (Wildman–Crippen LogP) is -0.443. The molecule has 2 rings (SSSR count). The van der Waals surface area contributed by atoms with E-state index in [1.807, 2.05) is 13.8 Å². The lowest BCUT2D eigenvalue weighted by Crippen LogP contribution is -2.37. The molecule has 0 saturated carbocycles. The zero-order chi connectivity index (χ0) is 14.5. The molecule has 20 heavy (non-hydrogen) atoms. The standard InChI is InChI=1S/C13H21N5O2/c1-8(2)12(19)15-5-6-16-13(20)11-9-7-14-4-3-10(9)17-18-11/h8,14H,3-7H2,1-2H3,(H,15,19)(H,16,20)(H,17,18). The van der Waals surface area contributed by atoms with Gasteiger partial charge in [0.2, 0.25) is 5.91 Å². The molecule has 0 aromatic carbocycles. The van der Waals surface area contributed by atoms with Gasteiger partial charge in [0.1, 0.15) is 0 Å². The van der Waals surface area contributed by atoms with Crippen LogP contribution in [0.1, 0.15) is 35.6 Å². The normalized spacial score (nSPS) is 13.9. The molecule has 1 aliphatic rings. The number of rotatable bonds is 5. The Balaban J connectivity index is 1.81. The summed E-state index contributed by atoms with van der Waals surface area (Å²) in [5, 5.41) is 15.7. The Morgan fingerprint density at radius 2 is 2.05 bits per heavy atom. The van der Waals surface area contributed by atoms with Crippen molar-refractivity contribution in [1.82, 2.24) is 26.1 Å². The van der Waals surface area contributed by atoms with E-state index in [2.05, 4.69) is 26.1 Å². The Hall–Kier alpha value is -1.89. The number of aromatic nitrogens is 2. The van der Waals surface area contributed by atoms with Crippen molar-refractivity contribution >= 4 is 11.8 Å². The zero-order valence-corrected chi connectivity index (χ0v) is 11.9. The maximum Gasteiger partial charge on any atom is 0.272 e. The number of nitrogens with zero attached hydrogens (tertiary/aromatic N) is 1. The lowest BCUT2D eigenvalue weighted by molar-refractivity contribution is -0.123. The largest absolute Gasteiger partial charge is 0.354 e. The number of aromatic amines is 1. The maximum atomic E-state index is 12.0.